The van der Waals surface area contributed by atoms with Crippen molar-refractivity contribution in [3.8, 4) is 11.1 Å². The zero-order valence-corrected chi connectivity index (χ0v) is 8.76. The van der Waals surface area contributed by atoms with Crippen LogP contribution in [0.25, 0.3) is 11.1 Å². The molecule has 1 N–H and O–H groups in total. The summed E-state index contributed by atoms with van der Waals surface area (Å²) in [6.45, 7) is 0. The Bertz CT molecular complexity index is 477. The summed E-state index contributed by atoms with van der Waals surface area (Å²) < 4.78 is 0. The third-order valence-corrected chi connectivity index (χ3v) is 2.42. The summed E-state index contributed by atoms with van der Waals surface area (Å²) in [5, 5.41) is 8.65. The number of aliphatic carboxylic acids is 1. The molecule has 2 aromatic rings. The Balaban J connectivity index is 0.00000144. The SMILES string of the molecule is O=C(O)Cc1ccc(-c2ccccc2)cc1.[CaH2]. The van der Waals surface area contributed by atoms with Gasteiger partial charge in [0.2, 0.25) is 0 Å². The molecule has 0 amide bonds. The molecule has 0 heterocycles. The summed E-state index contributed by atoms with van der Waals surface area (Å²) in [4.78, 5) is 10.5. The molecule has 0 fully saturated rings. The number of carboxylic acids is 1. The number of hydrogen-bond acceptors (Lipinski definition) is 1. The number of rotatable bonds is 3. The first-order chi connectivity index (χ1) is 7.75. The normalized spacial score (nSPS) is 9.41. The van der Waals surface area contributed by atoms with Crippen molar-refractivity contribution in [1.82, 2.24) is 0 Å². The maximum atomic E-state index is 10.5. The molecule has 0 atom stereocenters. The van der Waals surface area contributed by atoms with Crippen molar-refractivity contribution in [3.05, 3.63) is 60.2 Å². The molecule has 0 aromatic heterocycles. The molecule has 0 aliphatic heterocycles. The molecule has 0 saturated heterocycles. The number of carbonyl (C=O) groups is 1. The van der Waals surface area contributed by atoms with Gasteiger partial charge in [-0.05, 0) is 16.7 Å². The molecular formula is C14H14CaO2. The van der Waals surface area contributed by atoms with Crippen molar-refractivity contribution >= 4 is 43.7 Å². The molecular weight excluding hydrogens is 240 g/mol. The van der Waals surface area contributed by atoms with E-state index in [0.29, 0.717) is 0 Å². The van der Waals surface area contributed by atoms with Gasteiger partial charge in [0.15, 0.2) is 0 Å². The van der Waals surface area contributed by atoms with Gasteiger partial charge in [-0.15, -0.1) is 0 Å². The third kappa shape index (κ3) is 4.15. The molecule has 0 unspecified atom stereocenters. The van der Waals surface area contributed by atoms with Crippen LogP contribution < -0.4 is 0 Å². The molecule has 0 spiro atoms. The van der Waals surface area contributed by atoms with E-state index in [4.69, 9.17) is 5.11 Å². The van der Waals surface area contributed by atoms with Gasteiger partial charge in [0.05, 0.1) is 6.42 Å². The van der Waals surface area contributed by atoms with Crippen LogP contribution in [0.5, 0.6) is 0 Å². The molecule has 0 bridgehead atoms. The molecule has 0 aliphatic carbocycles. The minimum atomic E-state index is -0.799. The summed E-state index contributed by atoms with van der Waals surface area (Å²) in [5.41, 5.74) is 3.08. The maximum absolute atomic E-state index is 10.5. The van der Waals surface area contributed by atoms with E-state index >= 15 is 0 Å². The summed E-state index contributed by atoms with van der Waals surface area (Å²) in [5.74, 6) is -0.799. The van der Waals surface area contributed by atoms with E-state index in [-0.39, 0.29) is 44.2 Å². The zero-order chi connectivity index (χ0) is 11.4. The quantitative estimate of drug-likeness (QED) is 0.851. The molecule has 2 aromatic carbocycles. The average Bonchev–Trinajstić information content (AvgIpc) is 2.30. The van der Waals surface area contributed by atoms with Crippen molar-refractivity contribution in [2.75, 3.05) is 0 Å². The molecule has 2 nitrogen and oxygen atoms in total. The molecule has 0 saturated carbocycles. The second-order valence-electron chi connectivity index (χ2n) is 3.63. The third-order valence-electron chi connectivity index (χ3n) is 2.42. The topological polar surface area (TPSA) is 37.3 Å². The van der Waals surface area contributed by atoms with Crippen LogP contribution in [0.3, 0.4) is 0 Å². The number of carboxylic acid groups (broad SMARTS) is 1. The van der Waals surface area contributed by atoms with E-state index in [1.807, 2.05) is 54.6 Å². The van der Waals surface area contributed by atoms with E-state index < -0.39 is 5.97 Å². The van der Waals surface area contributed by atoms with Crippen LogP contribution in [0, 0.1) is 0 Å². The van der Waals surface area contributed by atoms with Gasteiger partial charge in [0.1, 0.15) is 0 Å². The van der Waals surface area contributed by atoms with Crippen LogP contribution in [0.2, 0.25) is 0 Å². The first-order valence-electron chi connectivity index (χ1n) is 5.12. The Hall–Kier alpha value is -0.830. The fourth-order valence-corrected chi connectivity index (χ4v) is 1.62. The standard InChI is InChI=1S/C14H12O2.Ca.2H/c15-14(16)10-11-6-8-13(9-7-11)12-4-2-1-3-5-12;;;/h1-9H,10H2,(H,15,16);;;. The van der Waals surface area contributed by atoms with Crippen LogP contribution >= 0.6 is 0 Å². The first kappa shape index (κ1) is 14.2. The predicted molar refractivity (Wildman–Crippen MR) is 71.8 cm³/mol. The van der Waals surface area contributed by atoms with Crippen LogP contribution in [0.1, 0.15) is 5.56 Å². The van der Waals surface area contributed by atoms with Crippen molar-refractivity contribution in [2.45, 2.75) is 6.42 Å². The number of benzene rings is 2. The Labute approximate surface area is 130 Å². The summed E-state index contributed by atoms with van der Waals surface area (Å²) in [7, 11) is 0. The van der Waals surface area contributed by atoms with Gasteiger partial charge in [-0.2, -0.15) is 0 Å². The molecule has 0 aliphatic rings. The summed E-state index contributed by atoms with van der Waals surface area (Å²) in [6, 6.07) is 17.6. The van der Waals surface area contributed by atoms with E-state index in [9.17, 15) is 4.79 Å². The van der Waals surface area contributed by atoms with Crippen LogP contribution in [0.4, 0.5) is 0 Å². The van der Waals surface area contributed by atoms with Crippen molar-refractivity contribution in [1.29, 1.82) is 0 Å². The van der Waals surface area contributed by atoms with Crippen LogP contribution in [0.15, 0.2) is 54.6 Å². The molecule has 0 radical (unpaired) electrons. The zero-order valence-electron chi connectivity index (χ0n) is 8.76. The Morgan fingerprint density at radius 1 is 0.882 bits per heavy atom. The Kier molecular flexibility index (Phi) is 5.69. The van der Waals surface area contributed by atoms with Crippen LogP contribution in [-0.4, -0.2) is 48.8 Å². The average molecular weight is 254 g/mol. The van der Waals surface area contributed by atoms with Gasteiger partial charge in [0, 0.05) is 0 Å². The Morgan fingerprint density at radius 2 is 1.41 bits per heavy atom. The van der Waals surface area contributed by atoms with Crippen molar-refractivity contribution < 1.29 is 9.90 Å². The molecule has 17 heavy (non-hydrogen) atoms. The fourth-order valence-electron chi connectivity index (χ4n) is 1.62. The van der Waals surface area contributed by atoms with Gasteiger partial charge in [-0.25, -0.2) is 0 Å². The van der Waals surface area contributed by atoms with Crippen molar-refractivity contribution in [2.24, 2.45) is 0 Å². The van der Waals surface area contributed by atoms with E-state index in [2.05, 4.69) is 0 Å². The van der Waals surface area contributed by atoms with Crippen LogP contribution in [-0.2, 0) is 11.2 Å². The predicted octanol–water partition coefficient (Wildman–Crippen LogP) is 2.06. The van der Waals surface area contributed by atoms with Gasteiger partial charge < -0.3 is 5.11 Å². The van der Waals surface area contributed by atoms with E-state index in [0.717, 1.165) is 16.7 Å². The van der Waals surface area contributed by atoms with Gasteiger partial charge in [-0.1, -0.05) is 54.6 Å². The summed E-state index contributed by atoms with van der Waals surface area (Å²) >= 11 is 0. The van der Waals surface area contributed by atoms with E-state index in [1.54, 1.807) is 0 Å². The van der Waals surface area contributed by atoms with Gasteiger partial charge >= 0.3 is 43.7 Å². The molecule has 84 valence electrons. The van der Waals surface area contributed by atoms with Gasteiger partial charge in [-0.3, -0.25) is 4.79 Å². The molecule has 2 rings (SSSR count). The minimum absolute atomic E-state index is 0. The monoisotopic (exact) mass is 254 g/mol. The second kappa shape index (κ2) is 6.80. The first-order valence-corrected chi connectivity index (χ1v) is 5.12. The van der Waals surface area contributed by atoms with Gasteiger partial charge in [0.25, 0.3) is 0 Å². The molecule has 3 heteroatoms. The Morgan fingerprint density at radius 3 is 1.94 bits per heavy atom. The number of hydrogen-bond donors (Lipinski definition) is 1. The second-order valence-corrected chi connectivity index (χ2v) is 3.63. The van der Waals surface area contributed by atoms with Crippen molar-refractivity contribution in [3.63, 3.8) is 0 Å². The van der Waals surface area contributed by atoms with E-state index in [1.165, 1.54) is 0 Å². The fraction of sp³-hybridized carbons (Fsp3) is 0.0714. The summed E-state index contributed by atoms with van der Waals surface area (Å²) in [6.07, 6.45) is 0.0784.